The van der Waals surface area contributed by atoms with Gasteiger partial charge in [-0.3, -0.25) is 10.2 Å². The molecule has 2 amide bonds. The van der Waals surface area contributed by atoms with Crippen LogP contribution in [0.15, 0.2) is 24.3 Å². The van der Waals surface area contributed by atoms with E-state index in [2.05, 4.69) is 15.3 Å². The predicted octanol–water partition coefficient (Wildman–Crippen LogP) is 8.74. The highest BCUT2D eigenvalue weighted by atomic mass is 32.1. The molecular formula is C37H42F5N5O7S. The molecule has 2 aliphatic heterocycles. The SMILES string of the molecule is COC(COc1nc(N2CC3CCC(C2)N3C(=O)OC(C)(C)C)c2cc(C(F)(F)F)c(-c3ccc(F)c4sc(NC(=O)OC(C)(C)C)cc34)c(F)c2n1)OC. The molecule has 2 aromatic heterocycles. The molecule has 12 nitrogen and oxygen atoms in total. The van der Waals surface area contributed by atoms with Crippen LogP contribution >= 0.6 is 11.3 Å². The molecule has 2 aromatic carbocycles. The lowest BCUT2D eigenvalue weighted by molar-refractivity contribution is -0.137. The monoisotopic (exact) mass is 795 g/mol. The first kappa shape index (κ1) is 40.1. The Morgan fingerprint density at radius 2 is 1.56 bits per heavy atom. The average Bonchev–Trinajstić information content (AvgIpc) is 3.61. The minimum absolute atomic E-state index is 0.0355. The van der Waals surface area contributed by atoms with Crippen LogP contribution in [0.3, 0.4) is 0 Å². The number of ether oxygens (including phenoxy) is 5. The van der Waals surface area contributed by atoms with Crippen LogP contribution in [0.25, 0.3) is 32.1 Å². The number of amides is 2. The molecule has 2 aliphatic rings. The van der Waals surface area contributed by atoms with Crippen molar-refractivity contribution in [3.63, 3.8) is 0 Å². The van der Waals surface area contributed by atoms with Gasteiger partial charge in [-0.25, -0.2) is 18.4 Å². The van der Waals surface area contributed by atoms with E-state index in [1.807, 2.05) is 0 Å². The highest BCUT2D eigenvalue weighted by molar-refractivity contribution is 7.23. The maximum Gasteiger partial charge on any atom is 0.417 e. The third-order valence-corrected chi connectivity index (χ3v) is 10.0. The van der Waals surface area contributed by atoms with Crippen LogP contribution in [0, 0.1) is 11.6 Å². The molecule has 0 radical (unpaired) electrons. The molecule has 2 fully saturated rings. The molecule has 55 heavy (non-hydrogen) atoms. The lowest BCUT2D eigenvalue weighted by Crippen LogP contribution is -2.57. The lowest BCUT2D eigenvalue weighted by atomic mass is 9.93. The Hall–Kier alpha value is -4.55. The number of alkyl halides is 3. The zero-order valence-electron chi connectivity index (χ0n) is 31.5. The van der Waals surface area contributed by atoms with Crippen LogP contribution in [0.5, 0.6) is 6.01 Å². The largest absolute Gasteiger partial charge is 0.458 e. The van der Waals surface area contributed by atoms with Crippen molar-refractivity contribution in [1.82, 2.24) is 14.9 Å². The van der Waals surface area contributed by atoms with Crippen molar-refractivity contribution in [1.29, 1.82) is 0 Å². The zero-order chi connectivity index (χ0) is 40.2. The van der Waals surface area contributed by atoms with Gasteiger partial charge < -0.3 is 28.6 Å². The lowest BCUT2D eigenvalue weighted by Gasteiger charge is -2.42. The Morgan fingerprint density at radius 1 is 0.927 bits per heavy atom. The van der Waals surface area contributed by atoms with E-state index in [-0.39, 0.29) is 69.6 Å². The normalized spacial score (nSPS) is 17.7. The van der Waals surface area contributed by atoms with Crippen molar-refractivity contribution >= 4 is 55.3 Å². The van der Waals surface area contributed by atoms with Crippen LogP contribution in [0.1, 0.15) is 59.9 Å². The zero-order valence-corrected chi connectivity index (χ0v) is 32.3. The number of benzene rings is 2. The summed E-state index contributed by atoms with van der Waals surface area (Å²) in [6, 6.07) is 2.94. The topological polar surface area (TPSA) is 125 Å². The molecule has 0 aliphatic carbocycles. The number of fused-ring (bicyclic) bond motifs is 4. The number of nitrogens with zero attached hydrogens (tertiary/aromatic N) is 4. The van der Waals surface area contributed by atoms with Crippen molar-refractivity contribution in [3.05, 3.63) is 41.5 Å². The van der Waals surface area contributed by atoms with Gasteiger partial charge in [-0.15, -0.1) is 11.3 Å². The van der Waals surface area contributed by atoms with Crippen LogP contribution in [-0.2, 0) is 25.1 Å². The Balaban J connectivity index is 1.51. The maximum absolute atomic E-state index is 17.2. The summed E-state index contributed by atoms with van der Waals surface area (Å²) in [6.45, 7) is 10.3. The number of piperazine rings is 1. The number of anilines is 2. The fourth-order valence-corrected chi connectivity index (χ4v) is 7.80. The highest BCUT2D eigenvalue weighted by Gasteiger charge is 2.46. The molecule has 0 saturated carbocycles. The number of methoxy groups -OCH3 is 2. The average molecular weight is 796 g/mol. The minimum atomic E-state index is -5.11. The fourth-order valence-electron chi connectivity index (χ4n) is 6.82. The van der Waals surface area contributed by atoms with Gasteiger partial charge in [-0.05, 0) is 78.1 Å². The third kappa shape index (κ3) is 8.50. The predicted molar refractivity (Wildman–Crippen MR) is 196 cm³/mol. The van der Waals surface area contributed by atoms with Gasteiger partial charge in [0.15, 0.2) is 12.1 Å². The first-order valence-corrected chi connectivity index (χ1v) is 18.3. The van der Waals surface area contributed by atoms with Gasteiger partial charge in [0.05, 0.1) is 27.3 Å². The number of carbonyl (C=O) groups is 2. The fraction of sp³-hybridized carbons (Fsp3) is 0.514. The van der Waals surface area contributed by atoms with Gasteiger partial charge in [0.1, 0.15) is 35.0 Å². The summed E-state index contributed by atoms with van der Waals surface area (Å²) in [5.74, 6) is -2.18. The Kier molecular flexibility index (Phi) is 10.8. The molecule has 298 valence electrons. The second-order valence-corrected chi connectivity index (χ2v) is 16.4. The van der Waals surface area contributed by atoms with Crippen LogP contribution in [0.2, 0.25) is 0 Å². The number of hydrogen-bond acceptors (Lipinski definition) is 11. The number of nitrogens with one attached hydrogen (secondary N) is 1. The number of thiophene rings is 1. The second-order valence-electron chi connectivity index (χ2n) is 15.3. The smallest absolute Gasteiger partial charge is 0.417 e. The highest BCUT2D eigenvalue weighted by Crippen LogP contribution is 2.47. The Morgan fingerprint density at radius 3 is 2.15 bits per heavy atom. The van der Waals surface area contributed by atoms with E-state index in [0.29, 0.717) is 12.8 Å². The van der Waals surface area contributed by atoms with E-state index in [1.54, 1.807) is 51.3 Å². The first-order chi connectivity index (χ1) is 25.7. The van der Waals surface area contributed by atoms with E-state index in [9.17, 15) is 9.59 Å². The Labute approximate surface area is 317 Å². The second kappa shape index (κ2) is 14.8. The van der Waals surface area contributed by atoms with Gasteiger partial charge >= 0.3 is 24.4 Å². The van der Waals surface area contributed by atoms with Crippen molar-refractivity contribution in [2.75, 3.05) is 44.1 Å². The number of halogens is 5. The summed E-state index contributed by atoms with van der Waals surface area (Å²) in [5.41, 5.74) is -4.63. The number of carbonyl (C=O) groups excluding carboxylic acids is 2. The van der Waals surface area contributed by atoms with Crippen molar-refractivity contribution < 1.29 is 55.2 Å². The van der Waals surface area contributed by atoms with E-state index in [4.69, 9.17) is 23.7 Å². The van der Waals surface area contributed by atoms with Gasteiger partial charge in [0, 0.05) is 43.6 Å². The van der Waals surface area contributed by atoms with Gasteiger partial charge in [0.25, 0.3) is 0 Å². The van der Waals surface area contributed by atoms with E-state index < -0.39 is 64.1 Å². The van der Waals surface area contributed by atoms with E-state index in [0.717, 1.165) is 29.5 Å². The first-order valence-electron chi connectivity index (χ1n) is 17.5. The molecule has 2 bridgehead atoms. The summed E-state index contributed by atoms with van der Waals surface area (Å²) in [6.07, 6.45) is -6.14. The van der Waals surface area contributed by atoms with Crippen molar-refractivity contribution in [3.8, 4) is 17.1 Å². The molecule has 1 N–H and O–H groups in total. The van der Waals surface area contributed by atoms with E-state index in [1.165, 1.54) is 20.3 Å². The summed E-state index contributed by atoms with van der Waals surface area (Å²) in [4.78, 5) is 37.8. The summed E-state index contributed by atoms with van der Waals surface area (Å²) in [7, 11) is 2.74. The number of hydrogen-bond donors (Lipinski definition) is 1. The molecule has 0 spiro atoms. The van der Waals surface area contributed by atoms with Crippen LogP contribution < -0.4 is 15.0 Å². The van der Waals surface area contributed by atoms with Gasteiger partial charge in [-0.2, -0.15) is 23.1 Å². The van der Waals surface area contributed by atoms with Crippen LogP contribution in [0.4, 0.5) is 42.4 Å². The molecule has 4 aromatic rings. The van der Waals surface area contributed by atoms with Gasteiger partial charge in [-0.1, -0.05) is 6.07 Å². The Bertz CT molecular complexity index is 2100. The quantitative estimate of drug-likeness (QED) is 0.137. The molecule has 6 rings (SSSR count). The summed E-state index contributed by atoms with van der Waals surface area (Å²) in [5, 5.41) is 2.21. The maximum atomic E-state index is 17.2. The van der Waals surface area contributed by atoms with Crippen molar-refractivity contribution in [2.45, 2.75) is 90.1 Å². The van der Waals surface area contributed by atoms with Gasteiger partial charge in [0.2, 0.25) is 0 Å². The number of rotatable bonds is 8. The molecular weight excluding hydrogens is 753 g/mol. The molecule has 18 heteroatoms. The standard InChI is InChI=1S/C37H42F5N5O7S/c1-35(2,3)53-33(48)43-25-14-21-20(11-12-24(38)30(21)55-25)27-23(37(40,41)42)13-22-29(28(27)39)44-32(52-17-26(50-7)51-8)45-31(22)46-15-18-9-10-19(16-46)47(18)34(49)54-36(4,5)6/h11-14,18-19,26H,9-10,15-17H2,1-8H3,(H,43,48). The van der Waals surface area contributed by atoms with Crippen LogP contribution in [-0.4, -0.2) is 90.5 Å². The number of aromatic nitrogens is 2. The van der Waals surface area contributed by atoms with E-state index >= 15 is 22.0 Å². The minimum Gasteiger partial charge on any atom is -0.458 e. The molecule has 2 saturated heterocycles. The third-order valence-electron chi connectivity index (χ3n) is 8.99. The molecule has 4 heterocycles. The molecule has 2 atom stereocenters. The summed E-state index contributed by atoms with van der Waals surface area (Å²) >= 11 is 0.755. The van der Waals surface area contributed by atoms with Crippen molar-refractivity contribution in [2.24, 2.45) is 0 Å². The molecule has 2 unspecified atom stereocenters. The summed E-state index contributed by atoms with van der Waals surface area (Å²) < 4.78 is 105.